The van der Waals surface area contributed by atoms with E-state index in [-0.39, 0.29) is 11.8 Å². The molecule has 0 atom stereocenters. The minimum absolute atomic E-state index is 0.0976. The van der Waals surface area contributed by atoms with E-state index < -0.39 is 0 Å². The number of carbonyl (C=O) groups is 1. The van der Waals surface area contributed by atoms with Crippen LogP contribution in [-0.2, 0) is 4.79 Å². The van der Waals surface area contributed by atoms with Crippen molar-refractivity contribution >= 4 is 23.1 Å². The summed E-state index contributed by atoms with van der Waals surface area (Å²) in [6, 6.07) is 11.4. The van der Waals surface area contributed by atoms with Crippen molar-refractivity contribution in [2.75, 3.05) is 17.2 Å². The number of benzene rings is 1. The Labute approximate surface area is 136 Å². The Morgan fingerprint density at radius 2 is 2.09 bits per heavy atom. The first-order valence-electron chi connectivity index (χ1n) is 8.02. The highest BCUT2D eigenvalue weighted by atomic mass is 16.5. The average Bonchev–Trinajstić information content (AvgIpc) is 2.50. The molecule has 3 rings (SSSR count). The van der Waals surface area contributed by atoms with Gasteiger partial charge in [-0.3, -0.25) is 4.79 Å². The lowest BCUT2D eigenvalue weighted by Gasteiger charge is -2.23. The molecule has 1 fully saturated rings. The second-order valence-corrected chi connectivity index (χ2v) is 5.60. The summed E-state index contributed by atoms with van der Waals surface area (Å²) in [5.41, 5.74) is 1.60. The van der Waals surface area contributed by atoms with Crippen molar-refractivity contribution in [3.63, 3.8) is 0 Å². The zero-order chi connectivity index (χ0) is 16.1. The standard InChI is InChI=1S/C18H21N3O2/c1-2-23-16-9-4-3-8-15(16)21-17-11-10-14(12-19-17)20-18(22)13-6-5-7-13/h3-4,8-13H,2,5-7H2,1H3,(H,19,21)(H,20,22). The van der Waals surface area contributed by atoms with Gasteiger partial charge in [-0.05, 0) is 44.0 Å². The van der Waals surface area contributed by atoms with Crippen LogP contribution >= 0.6 is 0 Å². The topological polar surface area (TPSA) is 63.2 Å². The van der Waals surface area contributed by atoms with Gasteiger partial charge in [-0.15, -0.1) is 0 Å². The number of hydrogen-bond acceptors (Lipinski definition) is 4. The third-order valence-electron chi connectivity index (χ3n) is 3.96. The van der Waals surface area contributed by atoms with Crippen LogP contribution in [0.4, 0.5) is 17.2 Å². The summed E-state index contributed by atoms with van der Waals surface area (Å²) in [6.07, 6.45) is 4.81. The molecule has 0 unspecified atom stereocenters. The zero-order valence-electron chi connectivity index (χ0n) is 13.2. The maximum absolute atomic E-state index is 11.9. The fourth-order valence-corrected chi connectivity index (χ4v) is 2.45. The van der Waals surface area contributed by atoms with Crippen molar-refractivity contribution in [3.8, 4) is 5.75 Å². The van der Waals surface area contributed by atoms with Crippen LogP contribution in [-0.4, -0.2) is 17.5 Å². The van der Waals surface area contributed by atoms with Crippen LogP contribution in [0.15, 0.2) is 42.6 Å². The van der Waals surface area contributed by atoms with Gasteiger partial charge in [0.2, 0.25) is 5.91 Å². The predicted octanol–water partition coefficient (Wildman–Crippen LogP) is 3.96. The molecule has 0 saturated heterocycles. The van der Waals surface area contributed by atoms with Gasteiger partial charge >= 0.3 is 0 Å². The van der Waals surface area contributed by atoms with E-state index in [1.807, 2.05) is 43.3 Å². The first-order valence-corrected chi connectivity index (χ1v) is 8.02. The maximum atomic E-state index is 11.9. The molecule has 0 radical (unpaired) electrons. The number of amides is 1. The molecule has 1 aromatic heterocycles. The highest BCUT2D eigenvalue weighted by Gasteiger charge is 2.25. The summed E-state index contributed by atoms with van der Waals surface area (Å²) in [6.45, 7) is 2.56. The molecule has 0 aliphatic heterocycles. The van der Waals surface area contributed by atoms with E-state index >= 15 is 0 Å². The Bertz CT molecular complexity index is 666. The number of nitrogens with one attached hydrogen (secondary N) is 2. The molecule has 1 saturated carbocycles. The van der Waals surface area contributed by atoms with Gasteiger partial charge in [0.25, 0.3) is 0 Å². The van der Waals surface area contributed by atoms with Crippen LogP contribution in [0.3, 0.4) is 0 Å². The summed E-state index contributed by atoms with van der Waals surface area (Å²) in [4.78, 5) is 16.3. The van der Waals surface area contributed by atoms with Gasteiger partial charge in [-0.1, -0.05) is 18.6 Å². The second-order valence-electron chi connectivity index (χ2n) is 5.60. The van der Waals surface area contributed by atoms with Gasteiger partial charge in [0.05, 0.1) is 24.2 Å². The van der Waals surface area contributed by atoms with Crippen LogP contribution in [0, 0.1) is 5.92 Å². The molecule has 120 valence electrons. The van der Waals surface area contributed by atoms with Gasteiger partial charge in [0.15, 0.2) is 0 Å². The third kappa shape index (κ3) is 3.80. The van der Waals surface area contributed by atoms with Crippen molar-refractivity contribution in [1.82, 2.24) is 4.98 Å². The van der Waals surface area contributed by atoms with E-state index in [1.165, 1.54) is 0 Å². The van der Waals surface area contributed by atoms with Crippen LogP contribution in [0.25, 0.3) is 0 Å². The van der Waals surface area contributed by atoms with Crippen molar-refractivity contribution in [3.05, 3.63) is 42.6 Å². The quantitative estimate of drug-likeness (QED) is 0.847. The molecule has 2 N–H and O–H groups in total. The Morgan fingerprint density at radius 3 is 2.74 bits per heavy atom. The molecule has 1 aliphatic carbocycles. The van der Waals surface area contributed by atoms with E-state index in [1.54, 1.807) is 6.20 Å². The minimum Gasteiger partial charge on any atom is -0.492 e. The number of rotatable bonds is 6. The van der Waals surface area contributed by atoms with Gasteiger partial charge in [0.1, 0.15) is 11.6 Å². The summed E-state index contributed by atoms with van der Waals surface area (Å²) >= 11 is 0. The number of hydrogen-bond donors (Lipinski definition) is 2. The molecule has 0 bridgehead atoms. The SMILES string of the molecule is CCOc1ccccc1Nc1ccc(NC(=O)C2CCC2)cn1. The Hall–Kier alpha value is -2.56. The van der Waals surface area contributed by atoms with E-state index in [2.05, 4.69) is 15.6 Å². The summed E-state index contributed by atoms with van der Waals surface area (Å²) in [7, 11) is 0. The lowest BCUT2D eigenvalue weighted by atomic mass is 9.85. The molecule has 2 aromatic rings. The number of anilines is 3. The largest absolute Gasteiger partial charge is 0.492 e. The van der Waals surface area contributed by atoms with Crippen molar-refractivity contribution < 1.29 is 9.53 Å². The summed E-state index contributed by atoms with van der Waals surface area (Å²) in [5.74, 6) is 1.77. The smallest absolute Gasteiger partial charge is 0.227 e. The normalized spacial score (nSPS) is 14.0. The van der Waals surface area contributed by atoms with E-state index in [0.717, 1.165) is 36.4 Å². The Kier molecular flexibility index (Phi) is 4.76. The molecular formula is C18H21N3O2. The van der Waals surface area contributed by atoms with Crippen LogP contribution < -0.4 is 15.4 Å². The van der Waals surface area contributed by atoms with Crippen LogP contribution in [0.2, 0.25) is 0 Å². The van der Waals surface area contributed by atoms with Crippen molar-refractivity contribution in [2.24, 2.45) is 5.92 Å². The number of aromatic nitrogens is 1. The monoisotopic (exact) mass is 311 g/mol. The van der Waals surface area contributed by atoms with Crippen molar-refractivity contribution in [2.45, 2.75) is 26.2 Å². The molecule has 1 heterocycles. The predicted molar refractivity (Wildman–Crippen MR) is 91.1 cm³/mol. The highest BCUT2D eigenvalue weighted by Crippen LogP contribution is 2.28. The Morgan fingerprint density at radius 1 is 1.26 bits per heavy atom. The summed E-state index contributed by atoms with van der Waals surface area (Å²) in [5, 5.41) is 6.15. The fourth-order valence-electron chi connectivity index (χ4n) is 2.45. The van der Waals surface area contributed by atoms with Crippen molar-refractivity contribution in [1.29, 1.82) is 0 Å². The van der Waals surface area contributed by atoms with Gasteiger partial charge < -0.3 is 15.4 Å². The van der Waals surface area contributed by atoms with Gasteiger partial charge in [-0.2, -0.15) is 0 Å². The van der Waals surface area contributed by atoms with Gasteiger partial charge in [0, 0.05) is 5.92 Å². The second kappa shape index (κ2) is 7.13. The van der Waals surface area contributed by atoms with E-state index in [0.29, 0.717) is 12.4 Å². The molecule has 5 nitrogen and oxygen atoms in total. The third-order valence-corrected chi connectivity index (χ3v) is 3.96. The lowest BCUT2D eigenvalue weighted by molar-refractivity contribution is -0.122. The Balaban J connectivity index is 1.64. The molecular weight excluding hydrogens is 290 g/mol. The molecule has 1 aromatic carbocycles. The number of nitrogens with zero attached hydrogens (tertiary/aromatic N) is 1. The minimum atomic E-state index is 0.0976. The van der Waals surface area contributed by atoms with Crippen LogP contribution in [0.5, 0.6) is 5.75 Å². The van der Waals surface area contributed by atoms with E-state index in [9.17, 15) is 4.79 Å². The molecule has 5 heteroatoms. The maximum Gasteiger partial charge on any atom is 0.227 e. The number of pyridine rings is 1. The first-order chi connectivity index (χ1) is 11.3. The molecule has 23 heavy (non-hydrogen) atoms. The van der Waals surface area contributed by atoms with Gasteiger partial charge in [-0.25, -0.2) is 4.98 Å². The number of carbonyl (C=O) groups excluding carboxylic acids is 1. The number of para-hydroxylation sites is 2. The highest BCUT2D eigenvalue weighted by molar-refractivity contribution is 5.92. The first kappa shape index (κ1) is 15.3. The molecule has 1 aliphatic rings. The van der Waals surface area contributed by atoms with Crippen LogP contribution in [0.1, 0.15) is 26.2 Å². The van der Waals surface area contributed by atoms with E-state index in [4.69, 9.17) is 4.74 Å². The zero-order valence-corrected chi connectivity index (χ0v) is 13.2. The molecule has 1 amide bonds. The fraction of sp³-hybridized carbons (Fsp3) is 0.333. The average molecular weight is 311 g/mol. The number of ether oxygens (including phenoxy) is 1. The lowest BCUT2D eigenvalue weighted by Crippen LogP contribution is -2.28. The molecule has 0 spiro atoms. The summed E-state index contributed by atoms with van der Waals surface area (Å²) < 4.78 is 5.58.